The van der Waals surface area contributed by atoms with Crippen LogP contribution in [0.15, 0.2) is 36.5 Å². The Morgan fingerprint density at radius 1 is 1.11 bits per heavy atom. The van der Waals surface area contributed by atoms with Crippen molar-refractivity contribution < 1.29 is 35.9 Å². The van der Waals surface area contributed by atoms with E-state index in [-0.39, 0.29) is 21.7 Å². The summed E-state index contributed by atoms with van der Waals surface area (Å²) in [5.74, 6) is 3.45. The predicted molar refractivity (Wildman–Crippen MR) is 87.5 cm³/mol. The van der Waals surface area contributed by atoms with Crippen LogP contribution < -0.4 is 10.6 Å². The van der Waals surface area contributed by atoms with Gasteiger partial charge >= 0.3 is 12.4 Å². The number of amides is 1. The molecular weight excluding hydrogens is 416 g/mol. The molecule has 0 bridgehead atoms. The first-order valence-electron chi connectivity index (χ1n) is 7.44. The third-order valence-corrected chi connectivity index (χ3v) is 3.49. The van der Waals surface area contributed by atoms with Crippen LogP contribution in [0.3, 0.4) is 0 Å². The molecule has 0 aliphatic heterocycles. The van der Waals surface area contributed by atoms with Gasteiger partial charge in [0.05, 0.1) is 5.56 Å². The second-order valence-electron chi connectivity index (χ2n) is 5.54. The molecule has 0 radical (unpaired) electrons. The summed E-state index contributed by atoms with van der Waals surface area (Å²) in [6, 6.07) is 6.74. The quantitative estimate of drug-likeness (QED) is 0.336. The molecule has 2 N–H and O–H groups in total. The first-order valence-corrected chi connectivity index (χ1v) is 7.82. The average molecular weight is 428 g/mol. The predicted octanol–water partition coefficient (Wildman–Crippen LogP) is 4.22. The van der Waals surface area contributed by atoms with Crippen molar-refractivity contribution in [1.82, 2.24) is 9.99 Å². The summed E-state index contributed by atoms with van der Waals surface area (Å²) in [5.41, 5.74) is -0.133. The van der Waals surface area contributed by atoms with Gasteiger partial charge in [0, 0.05) is 16.8 Å². The highest BCUT2D eigenvalue weighted by molar-refractivity contribution is 6.30. The number of nitrogens with zero attached hydrogens (tertiary/aromatic N) is 2. The zero-order chi connectivity index (χ0) is 21.1. The summed E-state index contributed by atoms with van der Waals surface area (Å²) in [5, 5.41) is 0.263. The number of rotatable bonds is 5. The summed E-state index contributed by atoms with van der Waals surface area (Å²) in [6.07, 6.45) is -8.59. The monoisotopic (exact) mass is 427 g/mol. The van der Waals surface area contributed by atoms with Crippen LogP contribution in [0.5, 0.6) is 5.88 Å². The van der Waals surface area contributed by atoms with E-state index in [4.69, 9.17) is 17.4 Å². The van der Waals surface area contributed by atoms with Gasteiger partial charge in [-0.25, -0.2) is 10.8 Å². The van der Waals surface area contributed by atoms with E-state index in [1.807, 2.05) is 0 Å². The van der Waals surface area contributed by atoms with Gasteiger partial charge in [-0.15, -0.1) is 0 Å². The van der Waals surface area contributed by atoms with Crippen molar-refractivity contribution in [3.05, 3.63) is 47.1 Å². The Labute approximate surface area is 159 Å². The van der Waals surface area contributed by atoms with Crippen LogP contribution in [0.25, 0.3) is 11.1 Å². The molecule has 0 aliphatic rings. The van der Waals surface area contributed by atoms with Crippen molar-refractivity contribution in [1.29, 1.82) is 0 Å². The number of hydrazine groups is 1. The molecule has 0 fully saturated rings. The number of carbonyl (C=O) groups excluding carboxylic acids is 1. The molecule has 12 heteroatoms. The first kappa shape index (κ1) is 21.8. The van der Waals surface area contributed by atoms with E-state index in [0.717, 1.165) is 12.3 Å². The van der Waals surface area contributed by atoms with Gasteiger partial charge in [-0.3, -0.25) is 9.80 Å². The third kappa shape index (κ3) is 6.27. The fraction of sp³-hybridized carbons (Fsp3) is 0.250. The molecule has 0 atom stereocenters. The molecular formula is C16H12ClF6N3O2. The number of pyridine rings is 1. The fourth-order valence-corrected chi connectivity index (χ4v) is 2.23. The Morgan fingerprint density at radius 3 is 2.25 bits per heavy atom. The molecule has 152 valence electrons. The number of carbonyl (C=O) groups is 1. The van der Waals surface area contributed by atoms with Crippen molar-refractivity contribution in [2.75, 3.05) is 13.2 Å². The molecule has 1 aromatic carbocycles. The highest BCUT2D eigenvalue weighted by Crippen LogP contribution is 2.31. The molecule has 0 saturated heterocycles. The van der Waals surface area contributed by atoms with Crippen LogP contribution in [-0.2, 0) is 0 Å². The van der Waals surface area contributed by atoms with E-state index in [9.17, 15) is 31.1 Å². The number of hydrogen-bond acceptors (Lipinski definition) is 4. The Hall–Kier alpha value is -2.53. The van der Waals surface area contributed by atoms with Crippen LogP contribution in [0, 0.1) is 0 Å². The van der Waals surface area contributed by atoms with E-state index < -0.39 is 37.3 Å². The Kier molecular flexibility index (Phi) is 6.40. The maximum atomic E-state index is 12.4. The number of alkyl halides is 6. The number of nitrogens with two attached hydrogens (primary N) is 1. The minimum absolute atomic E-state index is 0.0489. The second kappa shape index (κ2) is 8.23. The zero-order valence-corrected chi connectivity index (χ0v) is 14.6. The van der Waals surface area contributed by atoms with Crippen molar-refractivity contribution in [2.45, 2.75) is 12.4 Å². The summed E-state index contributed by atoms with van der Waals surface area (Å²) in [7, 11) is 0. The summed E-state index contributed by atoms with van der Waals surface area (Å²) in [6.45, 7) is -3.36. The lowest BCUT2D eigenvalue weighted by Crippen LogP contribution is -2.43. The normalized spacial score (nSPS) is 12.0. The van der Waals surface area contributed by atoms with E-state index >= 15 is 0 Å². The zero-order valence-electron chi connectivity index (χ0n) is 13.8. The molecule has 0 unspecified atom stereocenters. The van der Waals surface area contributed by atoms with E-state index in [1.54, 1.807) is 0 Å². The molecule has 2 aromatic rings. The fourth-order valence-electron chi connectivity index (χ4n) is 2.10. The minimum atomic E-state index is -4.73. The van der Waals surface area contributed by atoms with Crippen molar-refractivity contribution in [3.63, 3.8) is 0 Å². The number of halogens is 7. The molecule has 1 aromatic heterocycles. The molecule has 0 spiro atoms. The average Bonchev–Trinajstić information content (AvgIpc) is 2.58. The van der Waals surface area contributed by atoms with Crippen LogP contribution in [0.2, 0.25) is 5.02 Å². The van der Waals surface area contributed by atoms with Crippen molar-refractivity contribution in [3.8, 4) is 17.0 Å². The highest BCUT2D eigenvalue weighted by Gasteiger charge is 2.33. The lowest BCUT2D eigenvalue weighted by molar-refractivity contribution is -0.154. The molecule has 2 rings (SSSR count). The third-order valence-electron chi connectivity index (χ3n) is 3.24. The molecule has 0 aliphatic carbocycles. The molecule has 1 amide bonds. The van der Waals surface area contributed by atoms with Gasteiger partial charge in [0.25, 0.3) is 5.91 Å². The Balaban J connectivity index is 2.41. The van der Waals surface area contributed by atoms with Crippen LogP contribution in [0.4, 0.5) is 26.3 Å². The summed E-state index contributed by atoms with van der Waals surface area (Å²) in [4.78, 5) is 15.7. The number of aromatic nitrogens is 1. The van der Waals surface area contributed by atoms with Gasteiger partial charge in [-0.2, -0.15) is 26.3 Å². The smallest absolute Gasteiger partial charge is 0.422 e. The maximum absolute atomic E-state index is 12.4. The highest BCUT2D eigenvalue weighted by atomic mass is 35.5. The van der Waals surface area contributed by atoms with Gasteiger partial charge in [0.15, 0.2) is 6.61 Å². The van der Waals surface area contributed by atoms with Crippen LogP contribution >= 0.6 is 11.6 Å². The van der Waals surface area contributed by atoms with Gasteiger partial charge in [-0.05, 0) is 23.8 Å². The molecule has 1 heterocycles. The summed E-state index contributed by atoms with van der Waals surface area (Å²) < 4.78 is 79.2. The lowest BCUT2D eigenvalue weighted by Gasteiger charge is -2.19. The topological polar surface area (TPSA) is 68.5 Å². The number of ether oxygens (including phenoxy) is 1. The largest absolute Gasteiger partial charge is 0.468 e. The SMILES string of the molecule is NN(CC(F)(F)F)C(=O)c1cnc(OCC(F)(F)F)c(-c2ccc(Cl)cc2)c1. The molecule has 5 nitrogen and oxygen atoms in total. The van der Waals surface area contributed by atoms with Crippen molar-refractivity contribution in [2.24, 2.45) is 5.84 Å². The second-order valence-corrected chi connectivity index (χ2v) is 5.97. The maximum Gasteiger partial charge on any atom is 0.422 e. The first-order chi connectivity index (χ1) is 12.9. The number of hydrogen-bond donors (Lipinski definition) is 1. The van der Waals surface area contributed by atoms with E-state index in [2.05, 4.69) is 9.72 Å². The number of benzene rings is 1. The van der Waals surface area contributed by atoms with Crippen LogP contribution in [-0.4, -0.2) is 41.4 Å². The van der Waals surface area contributed by atoms with Gasteiger partial charge < -0.3 is 4.74 Å². The lowest BCUT2D eigenvalue weighted by atomic mass is 10.0. The molecule has 0 saturated carbocycles. The van der Waals surface area contributed by atoms with Crippen LogP contribution in [0.1, 0.15) is 10.4 Å². The van der Waals surface area contributed by atoms with Gasteiger partial charge in [-0.1, -0.05) is 23.7 Å². The van der Waals surface area contributed by atoms with Gasteiger partial charge in [0.1, 0.15) is 6.54 Å². The van der Waals surface area contributed by atoms with E-state index in [0.29, 0.717) is 5.02 Å². The minimum Gasteiger partial charge on any atom is -0.468 e. The van der Waals surface area contributed by atoms with E-state index in [1.165, 1.54) is 24.3 Å². The Bertz CT molecular complexity index is 840. The standard InChI is InChI=1S/C16H12ClF6N3O2/c17-11-3-1-9(2-4-11)12-5-10(14(27)26(24)7-15(18,19)20)6-25-13(12)28-8-16(21,22)23/h1-6H,7-8,24H2. The molecule has 28 heavy (non-hydrogen) atoms. The summed E-state index contributed by atoms with van der Waals surface area (Å²) >= 11 is 5.77. The Morgan fingerprint density at radius 2 is 1.71 bits per heavy atom. The van der Waals surface area contributed by atoms with Crippen molar-refractivity contribution >= 4 is 17.5 Å². The van der Waals surface area contributed by atoms with Gasteiger partial charge in [0.2, 0.25) is 5.88 Å².